The Morgan fingerprint density at radius 3 is 2.13 bits per heavy atom. The van der Waals surface area contributed by atoms with Crippen LogP contribution in [0.1, 0.15) is 91.8 Å². The van der Waals surface area contributed by atoms with E-state index in [9.17, 15) is 0 Å². The van der Waals surface area contributed by atoms with E-state index >= 15 is 0 Å². The summed E-state index contributed by atoms with van der Waals surface area (Å²) in [5.41, 5.74) is 15.7. The summed E-state index contributed by atoms with van der Waals surface area (Å²) in [6.45, 7) is 17.2. The van der Waals surface area contributed by atoms with Crippen molar-refractivity contribution in [3.63, 3.8) is 0 Å². The van der Waals surface area contributed by atoms with E-state index in [1.54, 1.807) is 23.2 Å². The van der Waals surface area contributed by atoms with Gasteiger partial charge in [-0.1, -0.05) is 0 Å². The number of rotatable bonds is 4. The predicted octanol–water partition coefficient (Wildman–Crippen LogP) is 11.1. The van der Waals surface area contributed by atoms with E-state index in [1.807, 2.05) is 3.28 Å². The van der Waals surface area contributed by atoms with Gasteiger partial charge in [0.2, 0.25) is 0 Å². The van der Waals surface area contributed by atoms with Gasteiger partial charge in [-0.3, -0.25) is 0 Å². The number of fused-ring (bicyclic) bond motifs is 4. The molecule has 4 bridgehead atoms. The molecule has 1 atom stereocenters. The molecule has 0 aromatic heterocycles. The second-order valence-corrected chi connectivity index (χ2v) is 23.0. The maximum absolute atomic E-state index is 2.84. The van der Waals surface area contributed by atoms with E-state index in [-0.39, 0.29) is 0 Å². The molecule has 1 heteroatoms. The van der Waals surface area contributed by atoms with Gasteiger partial charge in [-0.25, -0.2) is 0 Å². The molecule has 0 heterocycles. The van der Waals surface area contributed by atoms with Gasteiger partial charge in [0.1, 0.15) is 0 Å². The fraction of sp³-hybridized carbons (Fsp3) is 0.413. The standard InChI is InChI=1S/C17H23.C17H17.C12H10.Zr/c1-11-3-4-14(5-11)17(2)15-7-12-6-13(9-15)10-16(17)8-12;1-10-5-14-9-15-6-11(2)13(4)8-17(15)16(14)7-12(10)3;1-2-10-7-8-11-5-3-4-6-12(11)9-10;/h4-5,11-13,15-16H,6-10H2,1-2H3;5,7-8H,9H2,1-4H3;3-9H,1H3;. The molecule has 4 fully saturated rings. The SMILES string of the molecule is C/[C](c1ccc2ccccc2c1)=[Zr](\[C]1=CC(C2(C)C3CC4CC(C3)CC2C4)=CC1C)[c]1c(C)c(C)cc2c1Cc1cc(C)c(C)cc1-2. The molecule has 0 amide bonds. The molecule has 0 aliphatic heterocycles. The number of allylic oxidation sites excluding steroid dienone is 4. The Kier molecular flexibility index (Phi) is 7.08. The van der Waals surface area contributed by atoms with Crippen LogP contribution in [0.25, 0.3) is 21.9 Å². The first-order valence-electron chi connectivity index (χ1n) is 18.5. The van der Waals surface area contributed by atoms with E-state index in [0.717, 1.165) is 30.1 Å². The number of aryl methyl sites for hydroxylation is 3. The van der Waals surface area contributed by atoms with Crippen LogP contribution >= 0.6 is 0 Å². The fourth-order valence-corrected chi connectivity index (χ4v) is 19.8. The van der Waals surface area contributed by atoms with Crippen LogP contribution in [0.15, 0.2) is 81.7 Å². The molecule has 238 valence electrons. The van der Waals surface area contributed by atoms with Gasteiger partial charge in [-0.15, -0.1) is 0 Å². The molecular weight excluding hydrogens is 644 g/mol. The van der Waals surface area contributed by atoms with Gasteiger partial charge in [0.05, 0.1) is 0 Å². The van der Waals surface area contributed by atoms with Crippen LogP contribution in [0.3, 0.4) is 0 Å². The van der Waals surface area contributed by atoms with Crippen molar-refractivity contribution < 1.29 is 21.3 Å². The van der Waals surface area contributed by atoms with Gasteiger partial charge >= 0.3 is 292 Å². The van der Waals surface area contributed by atoms with Gasteiger partial charge in [-0.2, -0.15) is 0 Å². The van der Waals surface area contributed by atoms with Crippen LogP contribution in [0.4, 0.5) is 0 Å². The van der Waals surface area contributed by atoms with Gasteiger partial charge in [0.15, 0.2) is 0 Å². The van der Waals surface area contributed by atoms with E-state index in [1.165, 1.54) is 81.8 Å². The topological polar surface area (TPSA) is 0 Å². The van der Waals surface area contributed by atoms with Crippen LogP contribution in [-0.4, -0.2) is 3.21 Å². The van der Waals surface area contributed by atoms with E-state index in [0.29, 0.717) is 11.3 Å². The Balaban J connectivity index is 1.26. The monoisotopic (exact) mass is 692 g/mol. The van der Waals surface area contributed by atoms with Crippen molar-refractivity contribution in [2.24, 2.45) is 35.0 Å². The second kappa shape index (κ2) is 10.9. The molecule has 47 heavy (non-hydrogen) atoms. The van der Waals surface area contributed by atoms with Crippen LogP contribution in [-0.2, 0) is 27.7 Å². The van der Waals surface area contributed by atoms with Crippen LogP contribution in [0.2, 0.25) is 0 Å². The summed E-state index contributed by atoms with van der Waals surface area (Å²) >= 11 is -2.66. The maximum atomic E-state index is 2.84. The predicted molar refractivity (Wildman–Crippen MR) is 197 cm³/mol. The second-order valence-electron chi connectivity index (χ2n) is 16.6. The molecule has 6 aliphatic rings. The van der Waals surface area contributed by atoms with Crippen molar-refractivity contribution in [2.75, 3.05) is 0 Å². The van der Waals surface area contributed by atoms with Crippen LogP contribution < -0.4 is 3.27 Å². The average Bonchev–Trinajstić information content (AvgIpc) is 3.61. The van der Waals surface area contributed by atoms with E-state index < -0.39 is 21.3 Å². The molecule has 1 unspecified atom stereocenters. The molecule has 4 aromatic carbocycles. The zero-order valence-corrected chi connectivity index (χ0v) is 32.0. The van der Waals surface area contributed by atoms with Gasteiger partial charge in [0, 0.05) is 0 Å². The van der Waals surface area contributed by atoms with Crippen LogP contribution in [0.5, 0.6) is 0 Å². The van der Waals surface area contributed by atoms with E-state index in [4.69, 9.17) is 0 Å². The molecule has 4 saturated carbocycles. The summed E-state index contributed by atoms with van der Waals surface area (Å²) in [5.74, 6) is 4.31. The summed E-state index contributed by atoms with van der Waals surface area (Å²) in [6.07, 6.45) is 14.2. The summed E-state index contributed by atoms with van der Waals surface area (Å²) < 4.78 is 5.30. The fourth-order valence-electron chi connectivity index (χ4n) is 11.3. The van der Waals surface area contributed by atoms with Gasteiger partial charge < -0.3 is 0 Å². The van der Waals surface area contributed by atoms with Crippen LogP contribution in [0, 0.1) is 62.7 Å². The molecule has 0 nitrogen and oxygen atoms in total. The van der Waals surface area contributed by atoms with Crippen molar-refractivity contribution >= 4 is 17.2 Å². The molecule has 0 spiro atoms. The number of hydrogen-bond acceptors (Lipinski definition) is 0. The van der Waals surface area contributed by atoms with Gasteiger partial charge in [0.25, 0.3) is 0 Å². The van der Waals surface area contributed by atoms with Crippen molar-refractivity contribution in [2.45, 2.75) is 87.0 Å². The zero-order chi connectivity index (χ0) is 32.4. The molecule has 10 rings (SSSR count). The van der Waals surface area contributed by atoms with Gasteiger partial charge in [-0.05, 0) is 0 Å². The third kappa shape index (κ3) is 4.58. The molecule has 0 radical (unpaired) electrons. The summed E-state index contributed by atoms with van der Waals surface area (Å²) in [4.78, 5) is 0. The Labute approximate surface area is 290 Å². The van der Waals surface area contributed by atoms with Crippen molar-refractivity contribution in [3.05, 3.63) is 121 Å². The first kappa shape index (κ1) is 30.4. The Hall–Kier alpha value is -2.63. The summed E-state index contributed by atoms with van der Waals surface area (Å²) in [5, 5.41) is 2.71. The van der Waals surface area contributed by atoms with Crippen molar-refractivity contribution in [1.29, 1.82) is 0 Å². The molecule has 6 aliphatic carbocycles. The van der Waals surface area contributed by atoms with Crippen molar-refractivity contribution in [3.8, 4) is 11.1 Å². The Morgan fingerprint density at radius 2 is 1.40 bits per heavy atom. The Bertz CT molecular complexity index is 2070. The minimum absolute atomic E-state index is 0.365. The Morgan fingerprint density at radius 1 is 0.745 bits per heavy atom. The molecule has 4 aromatic rings. The molecular formula is C46H50Zr. The average molecular weight is 694 g/mol. The summed E-state index contributed by atoms with van der Waals surface area (Å²) in [6, 6.07) is 23.8. The third-order valence-corrected chi connectivity index (χ3v) is 22.5. The summed E-state index contributed by atoms with van der Waals surface area (Å²) in [7, 11) is 0. The quantitative estimate of drug-likeness (QED) is 0.176. The number of benzene rings is 4. The first-order chi connectivity index (χ1) is 22.6. The number of hydrogen-bond donors (Lipinski definition) is 0. The van der Waals surface area contributed by atoms with Crippen molar-refractivity contribution in [1.82, 2.24) is 0 Å². The minimum atomic E-state index is -2.66. The third-order valence-electron chi connectivity index (χ3n) is 14.1. The normalized spacial score (nSPS) is 29.1. The zero-order valence-electron chi connectivity index (χ0n) is 29.6. The first-order valence-corrected chi connectivity index (χ1v) is 22.2. The molecule has 0 N–H and O–H groups in total. The molecule has 0 saturated heterocycles. The van der Waals surface area contributed by atoms with E-state index in [2.05, 4.69) is 121 Å².